The van der Waals surface area contributed by atoms with Crippen LogP contribution < -0.4 is 0 Å². The predicted molar refractivity (Wildman–Crippen MR) is 68.8 cm³/mol. The highest BCUT2D eigenvalue weighted by Crippen LogP contribution is 2.23. The topological polar surface area (TPSA) is 12.9 Å². The molecule has 3 heteroatoms. The maximum absolute atomic E-state index is 5.86. The third-order valence-corrected chi connectivity index (χ3v) is 2.97. The van der Waals surface area contributed by atoms with E-state index in [0.717, 1.165) is 22.3 Å². The molecule has 0 bridgehead atoms. The predicted octanol–water partition coefficient (Wildman–Crippen LogP) is 4.23. The van der Waals surface area contributed by atoms with E-state index < -0.39 is 0 Å². The zero-order chi connectivity index (χ0) is 11.4. The van der Waals surface area contributed by atoms with Crippen LogP contribution in [-0.4, -0.2) is 4.98 Å². The summed E-state index contributed by atoms with van der Waals surface area (Å²) in [6, 6.07) is 10.1. The number of rotatable bonds is 3. The van der Waals surface area contributed by atoms with Crippen LogP contribution in [0, 0.1) is 0 Å². The van der Waals surface area contributed by atoms with E-state index in [0.29, 0.717) is 11.8 Å². The lowest BCUT2D eigenvalue weighted by Gasteiger charge is -2.06. The van der Waals surface area contributed by atoms with Crippen LogP contribution in [0.1, 0.15) is 11.1 Å². The van der Waals surface area contributed by atoms with Gasteiger partial charge in [-0.25, -0.2) is 0 Å². The van der Waals surface area contributed by atoms with Gasteiger partial charge in [0.25, 0.3) is 0 Å². The Balaban J connectivity index is 2.48. The van der Waals surface area contributed by atoms with Crippen molar-refractivity contribution in [3.63, 3.8) is 0 Å². The summed E-state index contributed by atoms with van der Waals surface area (Å²) in [4.78, 5) is 4.11. The van der Waals surface area contributed by atoms with Crippen LogP contribution in [0.4, 0.5) is 0 Å². The maximum Gasteiger partial charge on any atom is 0.0474 e. The third-order valence-electron chi connectivity index (χ3n) is 2.36. The molecule has 1 heterocycles. The van der Waals surface area contributed by atoms with Crippen LogP contribution in [0.5, 0.6) is 0 Å². The Labute approximate surface area is 105 Å². The number of benzene rings is 1. The average molecular weight is 252 g/mol. The number of nitrogens with zero attached hydrogens (tertiary/aromatic N) is 1. The minimum Gasteiger partial charge on any atom is -0.264 e. The zero-order valence-corrected chi connectivity index (χ0v) is 10.2. The van der Waals surface area contributed by atoms with Crippen LogP contribution >= 0.6 is 23.2 Å². The molecule has 0 aliphatic rings. The Bertz CT molecular complexity index is 446. The Morgan fingerprint density at radius 2 is 1.62 bits per heavy atom. The van der Waals surface area contributed by atoms with Crippen molar-refractivity contribution in [2.24, 2.45) is 0 Å². The molecule has 2 rings (SSSR count). The van der Waals surface area contributed by atoms with Gasteiger partial charge in [0.05, 0.1) is 0 Å². The summed E-state index contributed by atoms with van der Waals surface area (Å²) in [7, 11) is 0. The molecule has 82 valence electrons. The number of hydrogen-bond donors (Lipinski definition) is 0. The molecule has 0 unspecified atom stereocenters. The Morgan fingerprint density at radius 1 is 0.938 bits per heavy atom. The molecule has 0 spiro atoms. The number of alkyl halides is 2. The van der Waals surface area contributed by atoms with E-state index in [1.807, 2.05) is 24.4 Å². The maximum atomic E-state index is 5.86. The second kappa shape index (κ2) is 5.33. The van der Waals surface area contributed by atoms with Gasteiger partial charge in [-0.3, -0.25) is 4.98 Å². The van der Waals surface area contributed by atoms with Gasteiger partial charge in [-0.15, -0.1) is 23.2 Å². The second-order valence-electron chi connectivity index (χ2n) is 3.55. The highest BCUT2D eigenvalue weighted by molar-refractivity contribution is 6.17. The molecular formula is C13H11Cl2N. The molecule has 16 heavy (non-hydrogen) atoms. The van der Waals surface area contributed by atoms with Gasteiger partial charge in [-0.1, -0.05) is 12.1 Å². The van der Waals surface area contributed by atoms with Crippen LogP contribution in [0.3, 0.4) is 0 Å². The molecule has 1 aromatic heterocycles. The summed E-state index contributed by atoms with van der Waals surface area (Å²) in [6.45, 7) is 0. The average Bonchev–Trinajstić information content (AvgIpc) is 2.39. The molecular weight excluding hydrogens is 241 g/mol. The number of hydrogen-bond acceptors (Lipinski definition) is 1. The molecule has 0 fully saturated rings. The van der Waals surface area contributed by atoms with Gasteiger partial charge < -0.3 is 0 Å². The number of pyridine rings is 1. The van der Waals surface area contributed by atoms with Gasteiger partial charge in [0, 0.05) is 29.7 Å². The first-order chi connectivity index (χ1) is 7.83. The van der Waals surface area contributed by atoms with Gasteiger partial charge in [0.1, 0.15) is 0 Å². The Hall–Kier alpha value is -1.05. The fourth-order valence-electron chi connectivity index (χ4n) is 1.62. The van der Waals surface area contributed by atoms with Crippen molar-refractivity contribution >= 4 is 23.2 Å². The van der Waals surface area contributed by atoms with Gasteiger partial charge >= 0.3 is 0 Å². The van der Waals surface area contributed by atoms with Crippen molar-refractivity contribution in [3.8, 4) is 11.1 Å². The van der Waals surface area contributed by atoms with Crippen LogP contribution in [-0.2, 0) is 11.8 Å². The number of halogens is 2. The standard InChI is InChI=1S/C13H11Cl2N/c14-7-10-4-11(8-15)6-13(5-10)12-2-1-3-16-9-12/h1-6,9H,7-8H2. The van der Waals surface area contributed by atoms with Crippen molar-refractivity contribution in [2.75, 3.05) is 0 Å². The largest absolute Gasteiger partial charge is 0.264 e. The quantitative estimate of drug-likeness (QED) is 0.745. The fourth-order valence-corrected chi connectivity index (χ4v) is 1.93. The molecule has 0 saturated heterocycles. The lowest BCUT2D eigenvalue weighted by atomic mass is 10.0. The first-order valence-electron chi connectivity index (χ1n) is 4.98. The van der Waals surface area contributed by atoms with Gasteiger partial charge in [-0.2, -0.15) is 0 Å². The molecule has 0 radical (unpaired) electrons. The lowest BCUT2D eigenvalue weighted by Crippen LogP contribution is -1.87. The summed E-state index contributed by atoms with van der Waals surface area (Å²) < 4.78 is 0. The molecule has 0 aliphatic heterocycles. The molecule has 1 aromatic carbocycles. The van der Waals surface area contributed by atoms with E-state index in [2.05, 4.69) is 17.1 Å². The van der Waals surface area contributed by atoms with Crippen LogP contribution in [0.2, 0.25) is 0 Å². The van der Waals surface area contributed by atoms with E-state index in [4.69, 9.17) is 23.2 Å². The van der Waals surface area contributed by atoms with Gasteiger partial charge in [0.15, 0.2) is 0 Å². The minimum absolute atomic E-state index is 0.498. The Kier molecular flexibility index (Phi) is 3.81. The molecule has 2 aromatic rings. The van der Waals surface area contributed by atoms with Crippen molar-refractivity contribution < 1.29 is 0 Å². The van der Waals surface area contributed by atoms with Gasteiger partial charge in [0.2, 0.25) is 0 Å². The summed E-state index contributed by atoms with van der Waals surface area (Å²) in [5.41, 5.74) is 4.36. The molecule has 0 saturated carbocycles. The van der Waals surface area contributed by atoms with E-state index in [1.54, 1.807) is 6.20 Å². The lowest BCUT2D eigenvalue weighted by molar-refractivity contribution is 1.30. The molecule has 0 atom stereocenters. The summed E-state index contributed by atoms with van der Waals surface area (Å²) in [5, 5.41) is 0. The summed E-state index contributed by atoms with van der Waals surface area (Å²) in [5.74, 6) is 0.996. The van der Waals surface area contributed by atoms with Crippen molar-refractivity contribution in [1.82, 2.24) is 4.98 Å². The van der Waals surface area contributed by atoms with E-state index in [9.17, 15) is 0 Å². The second-order valence-corrected chi connectivity index (χ2v) is 4.08. The zero-order valence-electron chi connectivity index (χ0n) is 8.66. The number of aromatic nitrogens is 1. The van der Waals surface area contributed by atoms with Crippen molar-refractivity contribution in [2.45, 2.75) is 11.8 Å². The van der Waals surface area contributed by atoms with Crippen molar-refractivity contribution in [3.05, 3.63) is 53.9 Å². The van der Waals surface area contributed by atoms with Crippen LogP contribution in [0.25, 0.3) is 11.1 Å². The van der Waals surface area contributed by atoms with E-state index in [-0.39, 0.29) is 0 Å². The van der Waals surface area contributed by atoms with E-state index >= 15 is 0 Å². The van der Waals surface area contributed by atoms with E-state index in [1.165, 1.54) is 0 Å². The minimum atomic E-state index is 0.498. The highest BCUT2D eigenvalue weighted by atomic mass is 35.5. The summed E-state index contributed by atoms with van der Waals surface area (Å²) >= 11 is 11.7. The Morgan fingerprint density at radius 3 is 2.12 bits per heavy atom. The molecule has 1 nitrogen and oxygen atoms in total. The monoisotopic (exact) mass is 251 g/mol. The molecule has 0 aliphatic carbocycles. The smallest absolute Gasteiger partial charge is 0.0474 e. The first-order valence-corrected chi connectivity index (χ1v) is 6.05. The molecule has 0 amide bonds. The third kappa shape index (κ3) is 2.55. The van der Waals surface area contributed by atoms with Crippen molar-refractivity contribution in [1.29, 1.82) is 0 Å². The normalized spacial score (nSPS) is 10.4. The summed E-state index contributed by atoms with van der Waals surface area (Å²) in [6.07, 6.45) is 3.60. The van der Waals surface area contributed by atoms with Crippen LogP contribution in [0.15, 0.2) is 42.7 Å². The SMILES string of the molecule is ClCc1cc(CCl)cc(-c2cccnc2)c1. The van der Waals surface area contributed by atoms with Gasteiger partial charge in [-0.05, 0) is 34.9 Å². The fraction of sp³-hybridized carbons (Fsp3) is 0.154. The molecule has 0 N–H and O–H groups in total. The highest BCUT2D eigenvalue weighted by Gasteiger charge is 2.02. The first kappa shape index (κ1) is 11.4.